The predicted octanol–water partition coefficient (Wildman–Crippen LogP) is 4.71. The number of imidazole rings is 1. The highest BCUT2D eigenvalue weighted by atomic mass is 16.2. The van der Waals surface area contributed by atoms with Gasteiger partial charge in [-0.05, 0) is 51.4 Å². The summed E-state index contributed by atoms with van der Waals surface area (Å²) in [6, 6.07) is 10.0. The summed E-state index contributed by atoms with van der Waals surface area (Å²) in [6.45, 7) is 8.19. The van der Waals surface area contributed by atoms with Gasteiger partial charge in [0.25, 0.3) is 0 Å². The van der Waals surface area contributed by atoms with Crippen LogP contribution in [0.1, 0.15) is 37.1 Å². The molecule has 0 atom stereocenters. The fourth-order valence-corrected chi connectivity index (χ4v) is 4.99. The number of nitrogens with one attached hydrogen (secondary N) is 2. The van der Waals surface area contributed by atoms with Gasteiger partial charge in [0.1, 0.15) is 11.3 Å². The zero-order valence-electron chi connectivity index (χ0n) is 21.1. The van der Waals surface area contributed by atoms with Gasteiger partial charge >= 0.3 is 6.03 Å². The minimum absolute atomic E-state index is 0.0850. The van der Waals surface area contributed by atoms with Crippen LogP contribution in [0.4, 0.5) is 22.1 Å². The van der Waals surface area contributed by atoms with Gasteiger partial charge in [0, 0.05) is 55.9 Å². The second kappa shape index (κ2) is 9.05. The van der Waals surface area contributed by atoms with Crippen LogP contribution in [0.25, 0.3) is 21.9 Å². The molecule has 4 aromatic rings. The number of piperazine rings is 1. The van der Waals surface area contributed by atoms with Gasteiger partial charge in [-0.15, -0.1) is 0 Å². The van der Waals surface area contributed by atoms with Crippen molar-refractivity contribution < 1.29 is 4.79 Å². The zero-order chi connectivity index (χ0) is 24.8. The topological polar surface area (TPSA) is 91.2 Å². The number of para-hydroxylation sites is 1. The fraction of sp³-hybridized carbons (Fsp3) is 0.407. The largest absolute Gasteiger partial charge is 0.328 e. The van der Waals surface area contributed by atoms with Gasteiger partial charge in [-0.1, -0.05) is 18.2 Å². The maximum Gasteiger partial charge on any atom is 0.321 e. The number of benzene rings is 2. The van der Waals surface area contributed by atoms with Gasteiger partial charge in [-0.25, -0.2) is 19.7 Å². The maximum atomic E-state index is 13.2. The molecule has 9 heteroatoms. The van der Waals surface area contributed by atoms with E-state index in [1.54, 1.807) is 0 Å². The smallest absolute Gasteiger partial charge is 0.321 e. The van der Waals surface area contributed by atoms with E-state index in [9.17, 15) is 4.79 Å². The Kier molecular flexibility index (Phi) is 5.72. The van der Waals surface area contributed by atoms with Crippen LogP contribution in [0.2, 0.25) is 0 Å². The molecule has 0 radical (unpaired) electrons. The fourth-order valence-electron chi connectivity index (χ4n) is 4.99. The first-order chi connectivity index (χ1) is 17.5. The molecule has 0 unspecified atom stereocenters. The molecule has 1 saturated heterocycles. The summed E-state index contributed by atoms with van der Waals surface area (Å²) < 4.78 is 2.27. The number of urea groups is 1. The van der Waals surface area contributed by atoms with E-state index in [1.807, 2.05) is 29.3 Å². The summed E-state index contributed by atoms with van der Waals surface area (Å²) in [7, 11) is 2.08. The highest BCUT2D eigenvalue weighted by Crippen LogP contribution is 2.42. The molecule has 1 aliphatic carbocycles. The molecular formula is C27H32N8O. The Morgan fingerprint density at radius 3 is 2.64 bits per heavy atom. The van der Waals surface area contributed by atoms with E-state index < -0.39 is 0 Å². The average molecular weight is 485 g/mol. The number of aromatic nitrogens is 4. The van der Waals surface area contributed by atoms with Crippen molar-refractivity contribution in [1.29, 1.82) is 0 Å². The molecule has 0 spiro atoms. The van der Waals surface area contributed by atoms with E-state index in [0.29, 0.717) is 30.6 Å². The van der Waals surface area contributed by atoms with Crippen molar-refractivity contribution in [1.82, 2.24) is 29.3 Å². The number of amides is 2. The van der Waals surface area contributed by atoms with Crippen LogP contribution in [0.15, 0.2) is 36.5 Å². The molecule has 36 heavy (non-hydrogen) atoms. The van der Waals surface area contributed by atoms with E-state index >= 15 is 0 Å². The molecule has 2 aliphatic rings. The minimum atomic E-state index is -0.0850. The highest BCUT2D eigenvalue weighted by Gasteiger charge is 2.30. The van der Waals surface area contributed by atoms with Gasteiger partial charge in [-0.2, -0.15) is 0 Å². The summed E-state index contributed by atoms with van der Waals surface area (Å²) >= 11 is 0. The highest BCUT2D eigenvalue weighted by molar-refractivity contribution is 6.01. The summed E-state index contributed by atoms with van der Waals surface area (Å²) in [5, 5.41) is 7.56. The van der Waals surface area contributed by atoms with Crippen LogP contribution in [-0.2, 0) is 6.54 Å². The molecule has 2 fully saturated rings. The molecule has 2 amide bonds. The summed E-state index contributed by atoms with van der Waals surface area (Å²) in [5.74, 6) is 2.14. The first-order valence-electron chi connectivity index (χ1n) is 12.8. The van der Waals surface area contributed by atoms with Gasteiger partial charge in [0.2, 0.25) is 5.95 Å². The Morgan fingerprint density at radius 2 is 1.89 bits per heavy atom. The lowest BCUT2D eigenvalue weighted by Gasteiger charge is -2.32. The van der Waals surface area contributed by atoms with Crippen LogP contribution in [-0.4, -0.2) is 68.6 Å². The predicted molar refractivity (Wildman–Crippen MR) is 143 cm³/mol. The number of aryl methyl sites for hydroxylation is 2. The number of carbonyl (C=O) groups is 1. The standard InChI is InChI=1S/C27H32N8O/c1-4-35-22-15-20(29-26-28-16-19-7-5-6-17(2)23(19)32-26)14-21(24(22)31-25(35)18-8-9-18)30-27(36)34-12-10-33(3)11-13-34/h5-7,14-16,18H,4,8-13H2,1-3H3,(H,30,36)(H,28,29,32). The summed E-state index contributed by atoms with van der Waals surface area (Å²) in [6.07, 6.45) is 4.18. The molecule has 186 valence electrons. The number of nitrogens with zero attached hydrogens (tertiary/aromatic N) is 6. The average Bonchev–Trinajstić information content (AvgIpc) is 3.65. The number of hydrogen-bond donors (Lipinski definition) is 2. The third kappa shape index (κ3) is 4.24. The van der Waals surface area contributed by atoms with E-state index in [2.05, 4.69) is 58.1 Å². The van der Waals surface area contributed by atoms with Crippen molar-refractivity contribution in [2.75, 3.05) is 43.9 Å². The Bertz CT molecular complexity index is 1450. The number of anilines is 3. The molecule has 0 bridgehead atoms. The van der Waals surface area contributed by atoms with Crippen LogP contribution < -0.4 is 10.6 Å². The quantitative estimate of drug-likeness (QED) is 0.426. The van der Waals surface area contributed by atoms with Gasteiger partial charge in [0.05, 0.1) is 16.7 Å². The lowest BCUT2D eigenvalue weighted by atomic mass is 10.1. The van der Waals surface area contributed by atoms with Crippen molar-refractivity contribution in [2.24, 2.45) is 0 Å². The summed E-state index contributed by atoms with van der Waals surface area (Å²) in [4.78, 5) is 31.6. The second-order valence-electron chi connectivity index (χ2n) is 9.93. The van der Waals surface area contributed by atoms with Gasteiger partial charge < -0.3 is 25.0 Å². The SMILES string of the molecule is CCn1c(C2CC2)nc2c(NC(=O)N3CCN(C)CC3)cc(Nc3ncc4cccc(C)c4n3)cc21. The van der Waals surface area contributed by atoms with Crippen LogP contribution in [0.5, 0.6) is 0 Å². The number of carbonyl (C=O) groups excluding carboxylic acids is 1. The third-order valence-electron chi connectivity index (χ3n) is 7.24. The van der Waals surface area contributed by atoms with Crippen molar-refractivity contribution in [2.45, 2.75) is 39.2 Å². The monoisotopic (exact) mass is 484 g/mol. The van der Waals surface area contributed by atoms with E-state index in [4.69, 9.17) is 9.97 Å². The molecule has 2 N–H and O–H groups in total. The van der Waals surface area contributed by atoms with Crippen molar-refractivity contribution in [3.8, 4) is 0 Å². The van der Waals surface area contributed by atoms with Crippen LogP contribution >= 0.6 is 0 Å². The zero-order valence-corrected chi connectivity index (χ0v) is 21.1. The molecule has 3 heterocycles. The Labute approximate surface area is 210 Å². The third-order valence-corrected chi connectivity index (χ3v) is 7.24. The maximum absolute atomic E-state index is 13.2. The first kappa shape index (κ1) is 22.7. The Hall–Kier alpha value is -3.72. The van der Waals surface area contributed by atoms with Crippen molar-refractivity contribution >= 4 is 45.3 Å². The van der Waals surface area contributed by atoms with E-state index in [1.165, 1.54) is 12.8 Å². The van der Waals surface area contributed by atoms with E-state index in [-0.39, 0.29) is 6.03 Å². The molecule has 2 aromatic heterocycles. The van der Waals surface area contributed by atoms with Crippen LogP contribution in [0.3, 0.4) is 0 Å². The number of likely N-dealkylation sites (N-methyl/N-ethyl adjacent to an activating group) is 1. The molecule has 6 rings (SSSR count). The normalized spacial score (nSPS) is 16.6. The van der Waals surface area contributed by atoms with Gasteiger partial charge in [0.15, 0.2) is 0 Å². The number of rotatable bonds is 5. The minimum Gasteiger partial charge on any atom is -0.328 e. The Morgan fingerprint density at radius 1 is 1.08 bits per heavy atom. The number of hydrogen-bond acceptors (Lipinski definition) is 6. The molecule has 9 nitrogen and oxygen atoms in total. The lowest BCUT2D eigenvalue weighted by Crippen LogP contribution is -2.48. The molecule has 2 aromatic carbocycles. The number of fused-ring (bicyclic) bond motifs is 2. The van der Waals surface area contributed by atoms with Crippen LogP contribution in [0, 0.1) is 6.92 Å². The molecular weight excluding hydrogens is 452 g/mol. The van der Waals surface area contributed by atoms with Gasteiger partial charge in [-0.3, -0.25) is 0 Å². The van der Waals surface area contributed by atoms with Crippen molar-refractivity contribution in [3.05, 3.63) is 47.9 Å². The molecule has 1 aliphatic heterocycles. The molecule has 1 saturated carbocycles. The second-order valence-corrected chi connectivity index (χ2v) is 9.93. The first-order valence-corrected chi connectivity index (χ1v) is 12.8. The Balaban J connectivity index is 1.38. The van der Waals surface area contributed by atoms with Crippen molar-refractivity contribution in [3.63, 3.8) is 0 Å². The van der Waals surface area contributed by atoms with E-state index in [0.717, 1.165) is 58.6 Å². The summed E-state index contributed by atoms with van der Waals surface area (Å²) in [5.41, 5.74) is 5.41. The lowest BCUT2D eigenvalue weighted by molar-refractivity contribution is 0.164.